The molecule has 0 spiro atoms. The van der Waals surface area contributed by atoms with E-state index < -0.39 is 4.92 Å². The highest BCUT2D eigenvalue weighted by Crippen LogP contribution is 2.25. The Balaban J connectivity index is 1.78. The molecule has 0 aliphatic rings. The molecule has 1 atom stereocenters. The minimum atomic E-state index is -0.484. The van der Waals surface area contributed by atoms with E-state index in [4.69, 9.17) is 9.72 Å². The topological polar surface area (TPSA) is 99.6 Å². The molecule has 0 unspecified atom stereocenters. The van der Waals surface area contributed by atoms with Gasteiger partial charge in [-0.05, 0) is 48.4 Å². The van der Waals surface area contributed by atoms with Crippen LogP contribution >= 0.6 is 31.9 Å². The molecule has 10 heteroatoms. The largest absolute Gasteiger partial charge is 0.488 e. The second kappa shape index (κ2) is 11.1. The van der Waals surface area contributed by atoms with Gasteiger partial charge in [-0.3, -0.25) is 14.9 Å². The lowest BCUT2D eigenvalue weighted by Crippen LogP contribution is -2.23. The van der Waals surface area contributed by atoms with Gasteiger partial charge in [-0.2, -0.15) is 9.78 Å². The van der Waals surface area contributed by atoms with Gasteiger partial charge in [0.2, 0.25) is 0 Å². The van der Waals surface area contributed by atoms with E-state index in [0.29, 0.717) is 28.0 Å². The molecule has 8 nitrogen and oxygen atoms in total. The van der Waals surface area contributed by atoms with Crippen molar-refractivity contribution in [3.8, 4) is 5.75 Å². The summed E-state index contributed by atoms with van der Waals surface area (Å²) in [6, 6.07) is 17.3. The smallest absolute Gasteiger partial charge is 0.282 e. The van der Waals surface area contributed by atoms with Crippen molar-refractivity contribution in [3.63, 3.8) is 0 Å². The number of hydrogen-bond donors (Lipinski definition) is 0. The quantitative estimate of drug-likeness (QED) is 0.124. The summed E-state index contributed by atoms with van der Waals surface area (Å²) in [5.41, 5.74) is 1.45. The molecular weight excluding hydrogens is 592 g/mol. The third-order valence-corrected chi connectivity index (χ3v) is 6.73. The van der Waals surface area contributed by atoms with E-state index in [1.54, 1.807) is 12.1 Å². The van der Waals surface area contributed by atoms with Crippen molar-refractivity contribution in [1.29, 1.82) is 0 Å². The summed E-state index contributed by atoms with van der Waals surface area (Å²) in [4.78, 5) is 29.0. The van der Waals surface area contributed by atoms with Crippen LogP contribution in [0.5, 0.6) is 5.75 Å². The van der Waals surface area contributed by atoms with Crippen molar-refractivity contribution in [2.24, 2.45) is 5.10 Å². The number of non-ortho nitro benzene ring substituents is 1. The molecule has 0 N–H and O–H groups in total. The molecule has 0 saturated heterocycles. The first kappa shape index (κ1) is 25.7. The van der Waals surface area contributed by atoms with E-state index in [9.17, 15) is 14.9 Å². The van der Waals surface area contributed by atoms with Crippen LogP contribution in [-0.4, -0.2) is 20.8 Å². The van der Waals surface area contributed by atoms with Gasteiger partial charge in [0.25, 0.3) is 11.2 Å². The van der Waals surface area contributed by atoms with Crippen LogP contribution in [-0.2, 0) is 6.61 Å². The summed E-state index contributed by atoms with van der Waals surface area (Å²) in [7, 11) is 0. The third kappa shape index (κ3) is 5.71. The molecule has 4 aromatic rings. The molecule has 0 aliphatic heterocycles. The number of aromatic nitrogens is 2. The number of nitrogens with zero attached hydrogens (tertiary/aromatic N) is 4. The second-order valence-electron chi connectivity index (χ2n) is 8.20. The van der Waals surface area contributed by atoms with Gasteiger partial charge >= 0.3 is 0 Å². The molecule has 0 radical (unpaired) electrons. The molecule has 3 aromatic carbocycles. The van der Waals surface area contributed by atoms with Crippen molar-refractivity contribution in [3.05, 3.63) is 107 Å². The van der Waals surface area contributed by atoms with Crippen molar-refractivity contribution in [2.75, 3.05) is 0 Å². The van der Waals surface area contributed by atoms with E-state index in [2.05, 4.69) is 37.0 Å². The maximum absolute atomic E-state index is 13.4. The predicted molar refractivity (Wildman–Crippen MR) is 147 cm³/mol. The Morgan fingerprint density at radius 2 is 1.83 bits per heavy atom. The fraction of sp³-hybridized carbons (Fsp3) is 0.192. The lowest BCUT2D eigenvalue weighted by molar-refractivity contribution is -0.384. The maximum Gasteiger partial charge on any atom is 0.282 e. The highest BCUT2D eigenvalue weighted by Gasteiger charge is 2.17. The minimum Gasteiger partial charge on any atom is -0.488 e. The van der Waals surface area contributed by atoms with Gasteiger partial charge in [0.15, 0.2) is 0 Å². The van der Waals surface area contributed by atoms with Crippen molar-refractivity contribution in [2.45, 2.75) is 32.8 Å². The second-order valence-corrected chi connectivity index (χ2v) is 10.0. The van der Waals surface area contributed by atoms with Crippen molar-refractivity contribution >= 4 is 54.7 Å². The van der Waals surface area contributed by atoms with Crippen LogP contribution in [0.3, 0.4) is 0 Å². The van der Waals surface area contributed by atoms with Gasteiger partial charge in [-0.25, -0.2) is 4.98 Å². The molecule has 0 fully saturated rings. The van der Waals surface area contributed by atoms with Gasteiger partial charge in [0.1, 0.15) is 18.2 Å². The van der Waals surface area contributed by atoms with Crippen LogP contribution in [0.15, 0.2) is 79.5 Å². The molecule has 36 heavy (non-hydrogen) atoms. The predicted octanol–water partition coefficient (Wildman–Crippen LogP) is 6.80. The zero-order valence-corrected chi connectivity index (χ0v) is 22.7. The van der Waals surface area contributed by atoms with Crippen LogP contribution in [0.1, 0.15) is 43.1 Å². The van der Waals surface area contributed by atoms with Gasteiger partial charge in [0, 0.05) is 32.6 Å². The zero-order chi connectivity index (χ0) is 25.8. The highest BCUT2D eigenvalue weighted by molar-refractivity contribution is 9.10. The Morgan fingerprint density at radius 3 is 2.53 bits per heavy atom. The van der Waals surface area contributed by atoms with Gasteiger partial charge < -0.3 is 4.74 Å². The minimum absolute atomic E-state index is 0.0406. The lowest BCUT2D eigenvalue weighted by atomic mass is 10.1. The molecule has 0 bridgehead atoms. The van der Waals surface area contributed by atoms with E-state index in [-0.39, 0.29) is 23.8 Å². The summed E-state index contributed by atoms with van der Waals surface area (Å²) in [5.74, 6) is 0.874. The van der Waals surface area contributed by atoms with Gasteiger partial charge in [0.05, 0.1) is 22.0 Å². The van der Waals surface area contributed by atoms with Crippen LogP contribution < -0.4 is 10.3 Å². The molecular formula is C26H22Br2N4O4. The Labute approximate surface area is 224 Å². The fourth-order valence-corrected chi connectivity index (χ4v) is 4.15. The van der Waals surface area contributed by atoms with E-state index in [1.807, 2.05) is 44.2 Å². The Morgan fingerprint density at radius 1 is 1.11 bits per heavy atom. The first-order valence-electron chi connectivity index (χ1n) is 11.2. The Bertz CT molecular complexity index is 1520. The van der Waals surface area contributed by atoms with E-state index in [0.717, 1.165) is 20.9 Å². The van der Waals surface area contributed by atoms with Crippen LogP contribution in [0.25, 0.3) is 10.9 Å². The summed E-state index contributed by atoms with van der Waals surface area (Å²) in [6.45, 7) is 4.24. The number of benzene rings is 3. The number of nitro benzene ring substituents is 1. The fourth-order valence-electron chi connectivity index (χ4n) is 3.52. The first-order valence-corrected chi connectivity index (χ1v) is 12.8. The van der Waals surface area contributed by atoms with Crippen molar-refractivity contribution < 1.29 is 9.66 Å². The highest BCUT2D eigenvalue weighted by atomic mass is 79.9. The molecule has 0 aliphatic carbocycles. The monoisotopic (exact) mass is 612 g/mol. The average Bonchev–Trinajstić information content (AvgIpc) is 2.87. The summed E-state index contributed by atoms with van der Waals surface area (Å²) in [6.07, 6.45) is 2.16. The molecule has 184 valence electrons. The Kier molecular flexibility index (Phi) is 7.95. The SMILES string of the molecule is CC[C@H](C)c1nc2ccc(Br)cc2c(=O)n1N=Cc1cc([N+](=O)[O-])ccc1OCc1ccc(Br)cc1. The van der Waals surface area contributed by atoms with Crippen LogP contribution in [0.4, 0.5) is 5.69 Å². The molecule has 1 aromatic heterocycles. The maximum atomic E-state index is 13.4. The normalized spacial score (nSPS) is 12.2. The third-order valence-electron chi connectivity index (χ3n) is 5.71. The summed E-state index contributed by atoms with van der Waals surface area (Å²) >= 11 is 6.81. The standard InChI is InChI=1S/C26H22Br2N4O4/c1-3-16(2)25-30-23-10-8-20(28)13-22(23)26(33)31(25)29-14-18-12-21(32(34)35)9-11-24(18)36-15-17-4-6-19(27)7-5-17/h4-14,16H,3,15H2,1-2H3/t16-/m0/s1. The number of ether oxygens (including phenoxy) is 1. The number of halogens is 2. The molecule has 4 rings (SSSR count). The molecule has 1 heterocycles. The van der Waals surface area contributed by atoms with Gasteiger partial charge in [-0.15, -0.1) is 0 Å². The molecule has 0 saturated carbocycles. The molecule has 0 amide bonds. The number of nitro groups is 1. The van der Waals surface area contributed by atoms with E-state index in [1.165, 1.54) is 29.1 Å². The van der Waals surface area contributed by atoms with E-state index >= 15 is 0 Å². The number of rotatable bonds is 8. The number of hydrogen-bond acceptors (Lipinski definition) is 6. The average molecular weight is 614 g/mol. The van der Waals surface area contributed by atoms with Crippen molar-refractivity contribution in [1.82, 2.24) is 9.66 Å². The van der Waals surface area contributed by atoms with Gasteiger partial charge in [-0.1, -0.05) is 57.8 Å². The summed E-state index contributed by atoms with van der Waals surface area (Å²) in [5, 5.41) is 16.3. The lowest BCUT2D eigenvalue weighted by Gasteiger charge is -2.14. The van der Waals surface area contributed by atoms with Crippen LogP contribution in [0.2, 0.25) is 0 Å². The first-order chi connectivity index (χ1) is 17.3. The Hall–Kier alpha value is -3.37. The summed E-state index contributed by atoms with van der Waals surface area (Å²) < 4.78 is 8.93. The number of fused-ring (bicyclic) bond motifs is 1. The zero-order valence-electron chi connectivity index (χ0n) is 19.5. The van der Waals surface area contributed by atoms with Crippen LogP contribution in [0, 0.1) is 10.1 Å².